The Morgan fingerprint density at radius 3 is 2.45 bits per heavy atom. The summed E-state index contributed by atoms with van der Waals surface area (Å²) in [6, 6.07) is 0. The van der Waals surface area contributed by atoms with Crippen LogP contribution in [0.2, 0.25) is 0 Å². The zero-order chi connectivity index (χ0) is 16.2. The summed E-state index contributed by atoms with van der Waals surface area (Å²) in [5.41, 5.74) is 1.43. The molecule has 2 rings (SSSR count). The second kappa shape index (κ2) is 7.75. The molecule has 2 fully saturated rings. The van der Waals surface area contributed by atoms with Crippen molar-refractivity contribution in [2.24, 2.45) is 17.3 Å². The Balaban J connectivity index is 2.05. The number of nitrogens with one attached hydrogen (secondary N) is 1. The largest absolute Gasteiger partial charge is 0.373 e. The molecule has 0 aliphatic heterocycles. The van der Waals surface area contributed by atoms with Gasteiger partial charge < -0.3 is 10.1 Å². The van der Waals surface area contributed by atoms with Crippen LogP contribution in [0, 0.1) is 22.7 Å². The van der Waals surface area contributed by atoms with Gasteiger partial charge in [0, 0.05) is 24.8 Å². The molecule has 0 aromatic carbocycles. The van der Waals surface area contributed by atoms with Gasteiger partial charge in [0.2, 0.25) is 0 Å². The fourth-order valence-corrected chi connectivity index (χ4v) is 3.97. The highest BCUT2D eigenvalue weighted by molar-refractivity contribution is 7.80. The molecule has 0 aromatic rings. The molecule has 0 heterocycles. The van der Waals surface area contributed by atoms with Crippen LogP contribution in [0.15, 0.2) is 11.6 Å². The second-order valence-electron chi connectivity index (χ2n) is 6.21. The number of hydrogen-bond donors (Lipinski definition) is 2. The van der Waals surface area contributed by atoms with Crippen LogP contribution in [-0.2, 0) is 14.3 Å². The van der Waals surface area contributed by atoms with E-state index in [-0.39, 0.29) is 35.9 Å². The Morgan fingerprint density at radius 2 is 2.00 bits per heavy atom. The van der Waals surface area contributed by atoms with E-state index >= 15 is 0 Å². The van der Waals surface area contributed by atoms with E-state index in [4.69, 9.17) is 21.7 Å². The SMILES string of the molecule is N=CCC(OCC=CCl)C1C(=O)CC(C2(CS)CC2)CC1=O. The van der Waals surface area contributed by atoms with E-state index in [2.05, 4.69) is 12.6 Å². The van der Waals surface area contributed by atoms with Crippen LogP contribution in [0.1, 0.15) is 32.1 Å². The molecule has 0 amide bonds. The van der Waals surface area contributed by atoms with Crippen molar-refractivity contribution in [2.45, 2.75) is 38.2 Å². The molecule has 22 heavy (non-hydrogen) atoms. The summed E-state index contributed by atoms with van der Waals surface area (Å²) in [6.45, 7) is 0.239. The first-order valence-electron chi connectivity index (χ1n) is 7.60. The summed E-state index contributed by atoms with van der Waals surface area (Å²) in [5.74, 6) is 0.0399. The van der Waals surface area contributed by atoms with Crippen LogP contribution in [0.5, 0.6) is 0 Å². The summed E-state index contributed by atoms with van der Waals surface area (Å²) in [6.07, 6.45) is 5.50. The molecule has 0 bridgehead atoms. The molecular formula is C16H22ClNO3S. The van der Waals surface area contributed by atoms with Gasteiger partial charge in [-0.3, -0.25) is 9.59 Å². The van der Waals surface area contributed by atoms with Gasteiger partial charge in [-0.15, -0.1) is 0 Å². The number of ketones is 2. The minimum absolute atomic E-state index is 0.0454. The Hall–Kier alpha value is -0.650. The molecule has 122 valence electrons. The molecule has 1 unspecified atom stereocenters. The molecule has 0 spiro atoms. The van der Waals surface area contributed by atoms with Gasteiger partial charge in [0.25, 0.3) is 0 Å². The predicted molar refractivity (Wildman–Crippen MR) is 89.9 cm³/mol. The van der Waals surface area contributed by atoms with Gasteiger partial charge in [0.05, 0.1) is 12.7 Å². The van der Waals surface area contributed by atoms with E-state index in [1.165, 1.54) is 11.7 Å². The van der Waals surface area contributed by atoms with Crippen molar-refractivity contribution in [1.29, 1.82) is 5.41 Å². The van der Waals surface area contributed by atoms with Gasteiger partial charge in [0.1, 0.15) is 17.5 Å². The standard InChI is InChI=1S/C16H22ClNO3S/c17-5-1-7-21-14(2-6-18)15-12(19)8-11(9-13(15)20)16(10-22)3-4-16/h1,5-6,11,14-15,18,22H,2-4,7-10H2. The average molecular weight is 344 g/mol. The highest BCUT2D eigenvalue weighted by Gasteiger charge is 2.53. The van der Waals surface area contributed by atoms with Crippen LogP contribution in [0.25, 0.3) is 0 Å². The van der Waals surface area contributed by atoms with Crippen molar-refractivity contribution in [2.75, 3.05) is 12.4 Å². The molecule has 0 saturated heterocycles. The lowest BCUT2D eigenvalue weighted by molar-refractivity contribution is -0.144. The normalized spacial score (nSPS) is 28.8. The molecule has 0 aromatic heterocycles. The number of halogens is 1. The van der Waals surface area contributed by atoms with E-state index in [0.717, 1.165) is 18.6 Å². The van der Waals surface area contributed by atoms with E-state index in [9.17, 15) is 9.59 Å². The van der Waals surface area contributed by atoms with Gasteiger partial charge in [-0.1, -0.05) is 11.6 Å². The number of hydrogen-bond acceptors (Lipinski definition) is 5. The third-order valence-corrected chi connectivity index (χ3v) is 5.69. The quantitative estimate of drug-likeness (QED) is 0.404. The molecule has 2 aliphatic carbocycles. The maximum Gasteiger partial charge on any atom is 0.146 e. The first kappa shape index (κ1) is 17.7. The predicted octanol–water partition coefficient (Wildman–Crippen LogP) is 3.04. The molecule has 0 radical (unpaired) electrons. The lowest BCUT2D eigenvalue weighted by Gasteiger charge is -2.34. The number of thiol groups is 1. The maximum absolute atomic E-state index is 12.5. The minimum Gasteiger partial charge on any atom is -0.373 e. The van der Waals surface area contributed by atoms with Crippen molar-refractivity contribution in [3.8, 4) is 0 Å². The third kappa shape index (κ3) is 3.81. The minimum atomic E-state index is -0.739. The van der Waals surface area contributed by atoms with Gasteiger partial charge in [-0.05, 0) is 42.2 Å². The maximum atomic E-state index is 12.5. The van der Waals surface area contributed by atoms with Crippen molar-refractivity contribution < 1.29 is 14.3 Å². The summed E-state index contributed by atoms with van der Waals surface area (Å²) in [5, 5.41) is 7.26. The molecule has 6 heteroatoms. The molecule has 2 aliphatic rings. The highest BCUT2D eigenvalue weighted by atomic mass is 35.5. The van der Waals surface area contributed by atoms with Gasteiger partial charge >= 0.3 is 0 Å². The molecule has 4 nitrogen and oxygen atoms in total. The van der Waals surface area contributed by atoms with E-state index in [0.29, 0.717) is 12.8 Å². The summed E-state index contributed by atoms with van der Waals surface area (Å²) in [7, 11) is 0. The van der Waals surface area contributed by atoms with Crippen LogP contribution in [0.4, 0.5) is 0 Å². The zero-order valence-electron chi connectivity index (χ0n) is 12.5. The smallest absolute Gasteiger partial charge is 0.146 e. The molecule has 1 atom stereocenters. The molecule has 2 saturated carbocycles. The van der Waals surface area contributed by atoms with Crippen LogP contribution >= 0.6 is 24.2 Å². The number of carbonyl (C=O) groups is 2. The topological polar surface area (TPSA) is 67.2 Å². The summed E-state index contributed by atoms with van der Waals surface area (Å²) in [4.78, 5) is 25.0. The fourth-order valence-electron chi connectivity index (χ4n) is 3.33. The van der Waals surface area contributed by atoms with Crippen LogP contribution in [-0.4, -0.2) is 36.2 Å². The Morgan fingerprint density at radius 1 is 1.36 bits per heavy atom. The Bertz CT molecular complexity index is 458. The Labute approximate surface area is 141 Å². The van der Waals surface area contributed by atoms with Crippen LogP contribution in [0.3, 0.4) is 0 Å². The second-order valence-corrected chi connectivity index (χ2v) is 6.78. The number of ether oxygens (including phenoxy) is 1. The van der Waals surface area contributed by atoms with E-state index in [1.54, 1.807) is 6.08 Å². The van der Waals surface area contributed by atoms with Crippen molar-refractivity contribution >= 4 is 42.0 Å². The highest BCUT2D eigenvalue weighted by Crippen LogP contribution is 2.56. The van der Waals surface area contributed by atoms with E-state index < -0.39 is 12.0 Å². The van der Waals surface area contributed by atoms with E-state index in [1.807, 2.05) is 0 Å². The summed E-state index contributed by atoms with van der Waals surface area (Å²) < 4.78 is 5.59. The number of rotatable bonds is 8. The first-order chi connectivity index (χ1) is 10.6. The number of Topliss-reactive ketones (excluding diaryl/α,β-unsaturated/α-hetero) is 2. The van der Waals surface area contributed by atoms with Crippen molar-refractivity contribution in [1.82, 2.24) is 0 Å². The lowest BCUT2D eigenvalue weighted by atomic mass is 9.71. The van der Waals surface area contributed by atoms with Crippen LogP contribution < -0.4 is 0 Å². The zero-order valence-corrected chi connectivity index (χ0v) is 14.1. The monoisotopic (exact) mass is 343 g/mol. The fraction of sp³-hybridized carbons (Fsp3) is 0.688. The molecular weight excluding hydrogens is 322 g/mol. The number of carbonyl (C=O) groups excluding carboxylic acids is 2. The van der Waals surface area contributed by atoms with Crippen molar-refractivity contribution in [3.05, 3.63) is 11.6 Å². The first-order valence-corrected chi connectivity index (χ1v) is 8.67. The van der Waals surface area contributed by atoms with Crippen molar-refractivity contribution in [3.63, 3.8) is 0 Å². The van der Waals surface area contributed by atoms with Gasteiger partial charge in [-0.25, -0.2) is 0 Å². The molecule has 1 N–H and O–H groups in total. The van der Waals surface area contributed by atoms with Gasteiger partial charge in [0.15, 0.2) is 0 Å². The van der Waals surface area contributed by atoms with Gasteiger partial charge in [-0.2, -0.15) is 12.6 Å². The lowest BCUT2D eigenvalue weighted by Crippen LogP contribution is -2.44. The Kier molecular flexibility index (Phi) is 6.24. The summed E-state index contributed by atoms with van der Waals surface area (Å²) >= 11 is 9.84. The third-order valence-electron chi connectivity index (χ3n) is 4.88. The average Bonchev–Trinajstić information content (AvgIpc) is 3.28.